The van der Waals surface area contributed by atoms with Crippen molar-refractivity contribution in [3.8, 4) is 11.5 Å². The van der Waals surface area contributed by atoms with Crippen LogP contribution in [-0.2, 0) is 38.3 Å². The van der Waals surface area contributed by atoms with E-state index in [1.54, 1.807) is 29.9 Å². The molecule has 2 atom stereocenters. The second-order valence-corrected chi connectivity index (χ2v) is 17.2. The maximum atomic E-state index is 16.1. The van der Waals surface area contributed by atoms with Gasteiger partial charge in [0.05, 0.1) is 28.4 Å². The molecular weight excluding hydrogens is 678 g/mol. The fourth-order valence-electron chi connectivity index (χ4n) is 6.93. The molecule has 4 heterocycles. The maximum Gasteiger partial charge on any atom is 0.339 e. The van der Waals surface area contributed by atoms with Crippen molar-refractivity contribution in [2.75, 3.05) is 18.1 Å². The summed E-state index contributed by atoms with van der Waals surface area (Å²) in [6.07, 6.45) is 3.43. The van der Waals surface area contributed by atoms with Crippen molar-refractivity contribution in [1.29, 1.82) is 0 Å². The number of carbonyl (C=O) groups excluding carboxylic acids is 1. The SMILES string of the molecule is CCOC(=O)C(O)c1c[nH]c2cc(F)c3c(c12)CCS(=O)(=O)CC(C)(C)CCC[C@](C)(c1ccccc1)c1nc(n(C)n1)-c1cc(ccn1)S3. The standard InChI is InChI=1S/C37H42FN5O5S2/c1-6-48-34(45)31(44)26-21-40-28-20-27(38)32-25(30(26)28)14-18-50(46,47)22-36(2,3)15-10-16-37(4,23-11-8-7-9-12-23)35-41-33(43(5)42-35)29-19-24(49-32)13-17-39-29/h7-9,11-13,17,19-21,31,40,44H,6,10,14-16,18,22H2,1-5H3/t31?,37-/m1/s1. The highest BCUT2D eigenvalue weighted by Gasteiger charge is 2.36. The van der Waals surface area contributed by atoms with Gasteiger partial charge in [-0.05, 0) is 67.9 Å². The summed E-state index contributed by atoms with van der Waals surface area (Å²) in [5, 5.41) is 16.3. The second kappa shape index (κ2) is 13.9. The first-order chi connectivity index (χ1) is 23.7. The largest absolute Gasteiger partial charge is 0.464 e. The molecule has 264 valence electrons. The number of aliphatic hydroxyl groups is 1. The monoisotopic (exact) mass is 719 g/mol. The van der Waals surface area contributed by atoms with Crippen LogP contribution in [0, 0.1) is 11.2 Å². The van der Waals surface area contributed by atoms with Gasteiger partial charge in [-0.25, -0.2) is 27.3 Å². The third-order valence-electron chi connectivity index (χ3n) is 9.46. The molecule has 50 heavy (non-hydrogen) atoms. The third kappa shape index (κ3) is 7.22. The van der Waals surface area contributed by atoms with Crippen molar-refractivity contribution in [2.45, 2.75) is 74.7 Å². The molecule has 0 amide bonds. The number of aryl methyl sites for hydroxylation is 2. The van der Waals surface area contributed by atoms with Crippen LogP contribution in [0.3, 0.4) is 0 Å². The highest BCUT2D eigenvalue weighted by molar-refractivity contribution is 7.99. The lowest BCUT2D eigenvalue weighted by atomic mass is 9.75. The minimum absolute atomic E-state index is 0.0356. The first-order valence-corrected chi connectivity index (χ1v) is 19.3. The van der Waals surface area contributed by atoms with Crippen molar-refractivity contribution < 1.29 is 27.4 Å². The van der Waals surface area contributed by atoms with E-state index in [0.717, 1.165) is 23.7 Å². The van der Waals surface area contributed by atoms with Crippen LogP contribution in [0.25, 0.3) is 22.4 Å². The number of rotatable bonds is 4. The van der Waals surface area contributed by atoms with Gasteiger partial charge in [-0.2, -0.15) is 5.10 Å². The van der Waals surface area contributed by atoms with Gasteiger partial charge in [0.2, 0.25) is 0 Å². The Morgan fingerprint density at radius 3 is 2.66 bits per heavy atom. The van der Waals surface area contributed by atoms with E-state index in [4.69, 9.17) is 14.8 Å². The van der Waals surface area contributed by atoms with Crippen LogP contribution in [0.15, 0.2) is 70.7 Å². The zero-order valence-electron chi connectivity index (χ0n) is 28.9. The topological polar surface area (TPSA) is 140 Å². The van der Waals surface area contributed by atoms with E-state index in [1.807, 2.05) is 39.1 Å². The summed E-state index contributed by atoms with van der Waals surface area (Å²) in [6, 6.07) is 14.9. The fourth-order valence-corrected chi connectivity index (χ4v) is 9.95. The Balaban J connectivity index is 1.52. The predicted molar refractivity (Wildman–Crippen MR) is 191 cm³/mol. The van der Waals surface area contributed by atoms with Crippen LogP contribution in [-0.4, -0.2) is 62.3 Å². The molecule has 6 rings (SSSR count). The Morgan fingerprint density at radius 1 is 1.16 bits per heavy atom. The van der Waals surface area contributed by atoms with Crippen molar-refractivity contribution in [2.24, 2.45) is 12.5 Å². The molecule has 0 saturated carbocycles. The summed E-state index contributed by atoms with van der Waals surface area (Å²) in [5.74, 6) is -0.538. The number of aromatic amines is 1. The van der Waals surface area contributed by atoms with Crippen LogP contribution in [0.2, 0.25) is 0 Å². The number of nitrogens with one attached hydrogen (secondary N) is 1. The van der Waals surface area contributed by atoms with E-state index in [1.165, 1.54) is 12.3 Å². The average molecular weight is 720 g/mol. The predicted octanol–water partition coefficient (Wildman–Crippen LogP) is 6.72. The van der Waals surface area contributed by atoms with Gasteiger partial charge in [-0.15, -0.1) is 0 Å². The summed E-state index contributed by atoms with van der Waals surface area (Å²) < 4.78 is 50.5. The number of pyridine rings is 1. The second-order valence-electron chi connectivity index (χ2n) is 13.9. The Bertz CT molecular complexity index is 2150. The van der Waals surface area contributed by atoms with Gasteiger partial charge in [0.25, 0.3) is 0 Å². The lowest BCUT2D eigenvalue weighted by Gasteiger charge is -2.30. The molecule has 1 unspecified atom stereocenters. The van der Waals surface area contributed by atoms with Gasteiger partial charge >= 0.3 is 5.97 Å². The van der Waals surface area contributed by atoms with Crippen LogP contribution in [0.1, 0.15) is 75.6 Å². The summed E-state index contributed by atoms with van der Waals surface area (Å²) >= 11 is 1.12. The first-order valence-electron chi connectivity index (χ1n) is 16.7. The van der Waals surface area contributed by atoms with E-state index in [0.29, 0.717) is 51.5 Å². The molecule has 2 aromatic carbocycles. The van der Waals surface area contributed by atoms with Gasteiger partial charge in [0, 0.05) is 40.8 Å². The molecule has 10 nitrogen and oxygen atoms in total. The Labute approximate surface area is 295 Å². The van der Waals surface area contributed by atoms with Crippen LogP contribution in [0.4, 0.5) is 4.39 Å². The molecule has 0 saturated heterocycles. The molecule has 2 N–H and O–H groups in total. The fraction of sp³-hybridized carbons (Fsp3) is 0.405. The smallest absolute Gasteiger partial charge is 0.339 e. The normalized spacial score (nSPS) is 20.0. The number of hydrogen-bond donors (Lipinski definition) is 2. The molecule has 0 fully saturated rings. The van der Waals surface area contributed by atoms with E-state index < -0.39 is 38.6 Å². The molecule has 0 aliphatic carbocycles. The van der Waals surface area contributed by atoms with Crippen molar-refractivity contribution >= 4 is 38.5 Å². The van der Waals surface area contributed by atoms with Gasteiger partial charge in [0.1, 0.15) is 11.5 Å². The number of ether oxygens (including phenoxy) is 1. The number of benzene rings is 2. The quantitative estimate of drug-likeness (QED) is 0.194. The zero-order chi connectivity index (χ0) is 35.8. The summed E-state index contributed by atoms with van der Waals surface area (Å²) in [7, 11) is -1.82. The van der Waals surface area contributed by atoms with E-state index in [9.17, 15) is 18.3 Å². The number of fused-ring (bicyclic) bond motifs is 8. The third-order valence-corrected chi connectivity index (χ3v) is 12.6. The minimum atomic E-state index is -3.64. The lowest BCUT2D eigenvalue weighted by Crippen LogP contribution is -2.29. The lowest BCUT2D eigenvalue weighted by molar-refractivity contribution is -0.153. The molecular formula is C37H42FN5O5S2. The number of halogens is 1. The number of esters is 1. The molecule has 13 heteroatoms. The minimum Gasteiger partial charge on any atom is -0.464 e. The molecule has 3 aromatic heterocycles. The molecule has 4 bridgehead atoms. The molecule has 0 radical (unpaired) electrons. The van der Waals surface area contributed by atoms with Crippen molar-refractivity contribution in [1.82, 2.24) is 24.7 Å². The van der Waals surface area contributed by atoms with E-state index >= 15 is 4.39 Å². The number of nitrogens with zero attached hydrogens (tertiary/aromatic N) is 4. The summed E-state index contributed by atoms with van der Waals surface area (Å²) in [5.41, 5.74) is 1.40. The van der Waals surface area contributed by atoms with E-state index in [-0.39, 0.29) is 35.0 Å². The summed E-state index contributed by atoms with van der Waals surface area (Å²) in [6.45, 7) is 7.74. The summed E-state index contributed by atoms with van der Waals surface area (Å²) in [4.78, 5) is 26.0. The number of carbonyl (C=O) groups is 1. The number of aliphatic hydroxyl groups excluding tert-OH is 1. The maximum absolute atomic E-state index is 16.1. The van der Waals surface area contributed by atoms with Crippen molar-refractivity contribution in [3.63, 3.8) is 0 Å². The first kappa shape index (κ1) is 35.7. The van der Waals surface area contributed by atoms with Gasteiger partial charge in [0.15, 0.2) is 27.6 Å². The highest BCUT2D eigenvalue weighted by Crippen LogP contribution is 2.42. The number of sulfone groups is 1. The van der Waals surface area contributed by atoms with E-state index in [2.05, 4.69) is 29.0 Å². The zero-order valence-corrected chi connectivity index (χ0v) is 30.5. The van der Waals surface area contributed by atoms with Gasteiger partial charge in [-0.1, -0.05) is 62.4 Å². The van der Waals surface area contributed by atoms with Crippen molar-refractivity contribution in [3.05, 3.63) is 89.3 Å². The number of hydrogen-bond acceptors (Lipinski definition) is 9. The molecule has 0 spiro atoms. The Morgan fingerprint density at radius 2 is 1.92 bits per heavy atom. The highest BCUT2D eigenvalue weighted by atomic mass is 32.2. The van der Waals surface area contributed by atoms with Crippen LogP contribution < -0.4 is 0 Å². The van der Waals surface area contributed by atoms with Gasteiger partial charge < -0.3 is 14.8 Å². The van der Waals surface area contributed by atoms with Gasteiger partial charge in [-0.3, -0.25) is 4.98 Å². The number of aromatic nitrogens is 5. The Kier molecular flexibility index (Phi) is 9.95. The molecule has 5 aromatic rings. The van der Waals surface area contributed by atoms with Crippen LogP contribution >= 0.6 is 11.8 Å². The number of H-pyrrole nitrogens is 1. The Hall–Kier alpha value is -4.07. The molecule has 1 aliphatic heterocycles. The average Bonchev–Trinajstić information content (AvgIpc) is 3.67. The molecule has 1 aliphatic rings. The van der Waals surface area contributed by atoms with Crippen LogP contribution in [0.5, 0.6) is 0 Å².